The molecular formula is C10H15N7O. The Labute approximate surface area is 103 Å². The van der Waals surface area contributed by atoms with E-state index >= 15 is 0 Å². The van der Waals surface area contributed by atoms with Gasteiger partial charge in [0.2, 0.25) is 0 Å². The molecule has 2 aromatic heterocycles. The number of aromatic amines is 2. The highest BCUT2D eigenvalue weighted by molar-refractivity contribution is 5.35. The molecule has 2 rings (SSSR count). The van der Waals surface area contributed by atoms with Gasteiger partial charge in [-0.25, -0.2) is 4.98 Å². The molecule has 2 aromatic rings. The molecule has 3 N–H and O–H groups in total. The van der Waals surface area contributed by atoms with E-state index in [0.29, 0.717) is 17.5 Å². The number of tetrazole rings is 1. The Balaban J connectivity index is 2.21. The van der Waals surface area contributed by atoms with E-state index in [0.717, 1.165) is 0 Å². The molecule has 0 aromatic carbocycles. The fourth-order valence-corrected chi connectivity index (χ4v) is 1.46. The van der Waals surface area contributed by atoms with Crippen LogP contribution in [0, 0.1) is 0 Å². The summed E-state index contributed by atoms with van der Waals surface area (Å²) < 4.78 is 0. The van der Waals surface area contributed by atoms with Crippen molar-refractivity contribution in [3.05, 3.63) is 28.1 Å². The van der Waals surface area contributed by atoms with Gasteiger partial charge >= 0.3 is 0 Å². The second-order valence-electron chi connectivity index (χ2n) is 4.31. The molecule has 0 fully saturated rings. The van der Waals surface area contributed by atoms with E-state index in [-0.39, 0.29) is 17.5 Å². The van der Waals surface area contributed by atoms with E-state index in [4.69, 9.17) is 0 Å². The molecule has 18 heavy (non-hydrogen) atoms. The molecule has 8 nitrogen and oxygen atoms in total. The largest absolute Gasteiger partial charge is 0.360 e. The standard InChI is InChI=1S/C10H15N7O/c1-5(2)9-12-7(4-8(18)13-9)11-6(3)10-14-16-17-15-10/h4-6H,1-3H3,(H2,11,12,13,18)(H,14,15,16,17). The van der Waals surface area contributed by atoms with Crippen molar-refractivity contribution in [1.82, 2.24) is 30.6 Å². The van der Waals surface area contributed by atoms with Crippen LogP contribution in [0.5, 0.6) is 0 Å². The minimum atomic E-state index is -0.184. The van der Waals surface area contributed by atoms with Crippen LogP contribution in [0.2, 0.25) is 0 Å². The molecule has 0 aliphatic rings. The van der Waals surface area contributed by atoms with Crippen molar-refractivity contribution < 1.29 is 0 Å². The third-order valence-electron chi connectivity index (χ3n) is 2.42. The molecule has 0 amide bonds. The SMILES string of the molecule is CC(C)c1nc(NC(C)c2nn[nH]n2)cc(=O)[nH]1. The van der Waals surface area contributed by atoms with Gasteiger partial charge in [-0.1, -0.05) is 19.1 Å². The number of nitrogens with one attached hydrogen (secondary N) is 3. The first-order valence-corrected chi connectivity index (χ1v) is 5.67. The molecule has 8 heteroatoms. The zero-order valence-electron chi connectivity index (χ0n) is 10.4. The van der Waals surface area contributed by atoms with Crippen molar-refractivity contribution in [2.75, 3.05) is 5.32 Å². The van der Waals surface area contributed by atoms with E-state index < -0.39 is 0 Å². The number of hydrogen-bond donors (Lipinski definition) is 3. The zero-order valence-corrected chi connectivity index (χ0v) is 10.4. The van der Waals surface area contributed by atoms with E-state index in [1.54, 1.807) is 0 Å². The maximum Gasteiger partial charge on any atom is 0.252 e. The van der Waals surface area contributed by atoms with Gasteiger partial charge in [-0.05, 0) is 6.92 Å². The molecule has 1 unspecified atom stereocenters. The van der Waals surface area contributed by atoms with E-state index in [9.17, 15) is 4.79 Å². The van der Waals surface area contributed by atoms with Gasteiger partial charge in [-0.2, -0.15) is 5.21 Å². The average Bonchev–Trinajstić information content (AvgIpc) is 2.81. The molecule has 2 heterocycles. The van der Waals surface area contributed by atoms with Crippen LogP contribution in [0.25, 0.3) is 0 Å². The molecule has 96 valence electrons. The number of hydrogen-bond acceptors (Lipinski definition) is 6. The quantitative estimate of drug-likeness (QED) is 0.730. The van der Waals surface area contributed by atoms with Gasteiger partial charge in [0.15, 0.2) is 5.82 Å². The summed E-state index contributed by atoms with van der Waals surface area (Å²) in [5, 5.41) is 16.7. The van der Waals surface area contributed by atoms with Gasteiger partial charge < -0.3 is 10.3 Å². The Morgan fingerprint density at radius 3 is 2.72 bits per heavy atom. The first-order chi connectivity index (χ1) is 8.56. The predicted octanol–water partition coefficient (Wildman–Crippen LogP) is 0.579. The first-order valence-electron chi connectivity index (χ1n) is 5.67. The Hall–Kier alpha value is -2.25. The molecule has 0 radical (unpaired) electrons. The monoisotopic (exact) mass is 249 g/mol. The van der Waals surface area contributed by atoms with E-state index in [1.165, 1.54) is 6.07 Å². The Bertz CT molecular complexity index is 560. The smallest absolute Gasteiger partial charge is 0.252 e. The fourth-order valence-electron chi connectivity index (χ4n) is 1.46. The number of anilines is 1. The summed E-state index contributed by atoms with van der Waals surface area (Å²) in [5.74, 6) is 1.81. The van der Waals surface area contributed by atoms with Crippen LogP contribution >= 0.6 is 0 Å². The summed E-state index contributed by atoms with van der Waals surface area (Å²) >= 11 is 0. The summed E-state index contributed by atoms with van der Waals surface area (Å²) in [5.41, 5.74) is -0.184. The van der Waals surface area contributed by atoms with E-state index in [1.807, 2.05) is 20.8 Å². The van der Waals surface area contributed by atoms with Crippen molar-refractivity contribution in [3.63, 3.8) is 0 Å². The maximum absolute atomic E-state index is 11.5. The average molecular weight is 249 g/mol. The van der Waals surface area contributed by atoms with Crippen molar-refractivity contribution in [2.24, 2.45) is 0 Å². The number of rotatable bonds is 4. The van der Waals surface area contributed by atoms with Crippen LogP contribution in [0.4, 0.5) is 5.82 Å². The van der Waals surface area contributed by atoms with Gasteiger partial charge in [0.05, 0.1) is 6.04 Å². The Morgan fingerprint density at radius 1 is 1.33 bits per heavy atom. The lowest BCUT2D eigenvalue weighted by Gasteiger charge is -2.12. The first kappa shape index (κ1) is 12.2. The van der Waals surface area contributed by atoms with Crippen molar-refractivity contribution in [2.45, 2.75) is 32.7 Å². The summed E-state index contributed by atoms with van der Waals surface area (Å²) in [7, 11) is 0. The maximum atomic E-state index is 11.5. The molecular weight excluding hydrogens is 234 g/mol. The van der Waals surface area contributed by atoms with Crippen LogP contribution in [-0.2, 0) is 0 Å². The topological polar surface area (TPSA) is 112 Å². The summed E-state index contributed by atoms with van der Waals surface area (Å²) in [4.78, 5) is 18.5. The Kier molecular flexibility index (Phi) is 3.35. The number of aromatic nitrogens is 6. The number of nitrogens with zero attached hydrogens (tertiary/aromatic N) is 4. The van der Waals surface area contributed by atoms with Gasteiger partial charge in [0.1, 0.15) is 11.6 Å². The van der Waals surface area contributed by atoms with Gasteiger partial charge in [0.25, 0.3) is 5.56 Å². The van der Waals surface area contributed by atoms with Crippen LogP contribution in [0.1, 0.15) is 44.4 Å². The van der Waals surface area contributed by atoms with Gasteiger partial charge in [0, 0.05) is 12.0 Å². The van der Waals surface area contributed by atoms with Crippen molar-refractivity contribution >= 4 is 5.82 Å². The molecule has 0 bridgehead atoms. The molecule has 1 atom stereocenters. The lowest BCUT2D eigenvalue weighted by Crippen LogP contribution is -2.16. The zero-order chi connectivity index (χ0) is 13.1. The highest BCUT2D eigenvalue weighted by atomic mass is 16.1. The third-order valence-corrected chi connectivity index (χ3v) is 2.42. The fraction of sp³-hybridized carbons (Fsp3) is 0.500. The van der Waals surface area contributed by atoms with Gasteiger partial charge in [-0.3, -0.25) is 4.79 Å². The van der Waals surface area contributed by atoms with Crippen molar-refractivity contribution in [1.29, 1.82) is 0 Å². The predicted molar refractivity (Wildman–Crippen MR) is 65.2 cm³/mol. The van der Waals surface area contributed by atoms with Crippen LogP contribution in [-0.4, -0.2) is 30.6 Å². The number of H-pyrrole nitrogens is 2. The molecule has 0 saturated carbocycles. The van der Waals surface area contributed by atoms with Crippen LogP contribution < -0.4 is 10.9 Å². The molecule has 0 spiro atoms. The second-order valence-corrected chi connectivity index (χ2v) is 4.31. The molecule has 0 saturated heterocycles. The summed E-state index contributed by atoms with van der Waals surface area (Å²) in [6.45, 7) is 5.79. The van der Waals surface area contributed by atoms with Crippen LogP contribution in [0.3, 0.4) is 0 Å². The van der Waals surface area contributed by atoms with Crippen molar-refractivity contribution in [3.8, 4) is 0 Å². The minimum Gasteiger partial charge on any atom is -0.360 e. The lowest BCUT2D eigenvalue weighted by molar-refractivity contribution is 0.749. The third kappa shape index (κ3) is 2.70. The normalized spacial score (nSPS) is 12.7. The van der Waals surface area contributed by atoms with Gasteiger partial charge in [-0.15, -0.1) is 10.2 Å². The highest BCUT2D eigenvalue weighted by Gasteiger charge is 2.12. The van der Waals surface area contributed by atoms with E-state index in [2.05, 4.69) is 35.9 Å². The molecule has 0 aliphatic carbocycles. The highest BCUT2D eigenvalue weighted by Crippen LogP contribution is 2.14. The minimum absolute atomic E-state index is 0.153. The summed E-state index contributed by atoms with van der Waals surface area (Å²) in [6.07, 6.45) is 0. The van der Waals surface area contributed by atoms with Crippen LogP contribution in [0.15, 0.2) is 10.9 Å². The summed E-state index contributed by atoms with van der Waals surface area (Å²) in [6, 6.07) is 1.22. The lowest BCUT2D eigenvalue weighted by atomic mass is 10.2. The Morgan fingerprint density at radius 2 is 2.11 bits per heavy atom. The molecule has 0 aliphatic heterocycles. The second kappa shape index (κ2) is 4.94.